The fourth-order valence-corrected chi connectivity index (χ4v) is 5.39. The SMILES string of the molecule is Cc1cccc(-c2nccc(Nc3ccnc(Nc4ccc(CN5CC(C(=O)OC6CCCCCC6)C5)cc4)n3)n2)n1. The predicted molar refractivity (Wildman–Crippen MR) is 161 cm³/mol. The first kappa shape index (κ1) is 27.7. The molecule has 6 rings (SSSR count). The van der Waals surface area contributed by atoms with Gasteiger partial charge in [0.1, 0.15) is 23.4 Å². The third-order valence-electron chi connectivity index (χ3n) is 7.68. The number of ether oxygens (including phenoxy) is 1. The number of pyridine rings is 1. The van der Waals surface area contributed by atoms with Crippen molar-refractivity contribution in [3.63, 3.8) is 0 Å². The lowest BCUT2D eigenvalue weighted by molar-refractivity contribution is -0.160. The summed E-state index contributed by atoms with van der Waals surface area (Å²) in [7, 11) is 0. The van der Waals surface area contributed by atoms with Crippen LogP contribution < -0.4 is 10.6 Å². The maximum absolute atomic E-state index is 12.6. The van der Waals surface area contributed by atoms with Gasteiger partial charge in [0.05, 0.1) is 5.92 Å². The molecule has 2 aliphatic rings. The van der Waals surface area contributed by atoms with Gasteiger partial charge in [-0.05, 0) is 74.6 Å². The quantitative estimate of drug-likeness (QED) is 0.190. The molecule has 2 fully saturated rings. The molecule has 1 aliphatic heterocycles. The molecule has 4 aromatic rings. The molecule has 0 amide bonds. The Kier molecular flexibility index (Phi) is 8.60. The van der Waals surface area contributed by atoms with E-state index in [1.165, 1.54) is 31.2 Å². The second-order valence-corrected chi connectivity index (χ2v) is 11.1. The molecule has 216 valence electrons. The number of aryl methyl sites for hydroxylation is 1. The Labute approximate surface area is 246 Å². The van der Waals surface area contributed by atoms with E-state index in [1.54, 1.807) is 24.5 Å². The van der Waals surface area contributed by atoms with Crippen molar-refractivity contribution in [2.75, 3.05) is 23.7 Å². The van der Waals surface area contributed by atoms with E-state index in [-0.39, 0.29) is 18.0 Å². The van der Waals surface area contributed by atoms with Gasteiger partial charge in [-0.25, -0.2) is 19.9 Å². The molecule has 10 heteroatoms. The summed E-state index contributed by atoms with van der Waals surface area (Å²) in [5, 5.41) is 6.49. The molecule has 0 bridgehead atoms. The van der Waals surface area contributed by atoms with Gasteiger partial charge in [-0.3, -0.25) is 9.69 Å². The maximum atomic E-state index is 12.6. The highest BCUT2D eigenvalue weighted by atomic mass is 16.5. The number of aromatic nitrogens is 5. The Balaban J connectivity index is 0.992. The first-order valence-electron chi connectivity index (χ1n) is 14.7. The zero-order valence-corrected chi connectivity index (χ0v) is 23.9. The van der Waals surface area contributed by atoms with Crippen LogP contribution in [0.15, 0.2) is 67.0 Å². The number of nitrogens with one attached hydrogen (secondary N) is 2. The minimum atomic E-state index is -0.0159. The van der Waals surface area contributed by atoms with Crippen molar-refractivity contribution >= 4 is 29.2 Å². The monoisotopic (exact) mass is 564 g/mol. The Morgan fingerprint density at radius 3 is 2.36 bits per heavy atom. The molecule has 2 N–H and O–H groups in total. The van der Waals surface area contributed by atoms with Crippen molar-refractivity contribution in [3.8, 4) is 11.5 Å². The number of hydrogen-bond acceptors (Lipinski definition) is 10. The molecule has 3 aromatic heterocycles. The van der Waals surface area contributed by atoms with Crippen molar-refractivity contribution in [2.24, 2.45) is 5.92 Å². The highest BCUT2D eigenvalue weighted by Gasteiger charge is 2.35. The lowest BCUT2D eigenvalue weighted by atomic mass is 9.99. The van der Waals surface area contributed by atoms with E-state index in [9.17, 15) is 4.79 Å². The molecule has 42 heavy (non-hydrogen) atoms. The second-order valence-electron chi connectivity index (χ2n) is 11.1. The number of likely N-dealkylation sites (tertiary alicyclic amines) is 1. The van der Waals surface area contributed by atoms with Crippen molar-refractivity contribution in [2.45, 2.75) is 58.1 Å². The van der Waals surface area contributed by atoms with Gasteiger partial charge in [0.2, 0.25) is 5.95 Å². The molecule has 1 saturated heterocycles. The fourth-order valence-electron chi connectivity index (χ4n) is 5.39. The average molecular weight is 565 g/mol. The number of benzene rings is 1. The van der Waals surface area contributed by atoms with Crippen LogP contribution in [-0.2, 0) is 16.1 Å². The number of esters is 1. The van der Waals surface area contributed by atoms with Gasteiger partial charge in [-0.1, -0.05) is 31.0 Å². The number of carbonyl (C=O) groups is 1. The third-order valence-corrected chi connectivity index (χ3v) is 7.68. The van der Waals surface area contributed by atoms with Crippen LogP contribution in [0.5, 0.6) is 0 Å². The van der Waals surface area contributed by atoms with Gasteiger partial charge in [0, 0.05) is 43.4 Å². The first-order chi connectivity index (χ1) is 20.6. The normalized spacial score (nSPS) is 16.3. The van der Waals surface area contributed by atoms with Gasteiger partial charge in [0.15, 0.2) is 5.82 Å². The van der Waals surface area contributed by atoms with Crippen LogP contribution in [0, 0.1) is 12.8 Å². The molecular weight excluding hydrogens is 528 g/mol. The van der Waals surface area contributed by atoms with Crippen LogP contribution in [-0.4, -0.2) is 55.0 Å². The molecule has 4 heterocycles. The lowest BCUT2D eigenvalue weighted by Crippen LogP contribution is -2.50. The Morgan fingerprint density at radius 2 is 1.60 bits per heavy atom. The summed E-state index contributed by atoms with van der Waals surface area (Å²) in [5.74, 6) is 2.22. The largest absolute Gasteiger partial charge is 0.462 e. The minimum absolute atomic E-state index is 0.000340. The lowest BCUT2D eigenvalue weighted by Gasteiger charge is -2.38. The molecule has 10 nitrogen and oxygen atoms in total. The highest BCUT2D eigenvalue weighted by molar-refractivity contribution is 5.74. The average Bonchev–Trinajstić information content (AvgIpc) is 3.24. The van der Waals surface area contributed by atoms with E-state index in [4.69, 9.17) is 4.74 Å². The van der Waals surface area contributed by atoms with Gasteiger partial charge in [0.25, 0.3) is 0 Å². The number of carbonyl (C=O) groups excluding carboxylic acids is 1. The molecule has 0 radical (unpaired) electrons. The number of rotatable bonds is 9. The first-order valence-corrected chi connectivity index (χ1v) is 14.7. The van der Waals surface area contributed by atoms with Crippen LogP contribution >= 0.6 is 0 Å². The van der Waals surface area contributed by atoms with Gasteiger partial charge < -0.3 is 15.4 Å². The van der Waals surface area contributed by atoms with Crippen molar-refractivity contribution < 1.29 is 9.53 Å². The summed E-state index contributed by atoms with van der Waals surface area (Å²) in [6.45, 7) is 4.26. The fraction of sp³-hybridized carbons (Fsp3) is 0.375. The standard InChI is InChI=1S/C32H36N8O2/c1-22-7-6-10-27(35-22)30-33-17-15-28(38-30)37-29-16-18-34-32(39-29)36-25-13-11-23(12-14-25)19-40-20-24(21-40)31(41)42-26-8-4-2-3-5-9-26/h6-7,10-18,24,26H,2-5,8-9,19-21H2,1H3,(H2,33,34,36,37,38,39). The molecule has 1 saturated carbocycles. The summed E-state index contributed by atoms with van der Waals surface area (Å²) in [4.78, 5) is 37.2. The van der Waals surface area contributed by atoms with Crippen molar-refractivity contribution in [1.29, 1.82) is 0 Å². The van der Waals surface area contributed by atoms with Crippen molar-refractivity contribution in [1.82, 2.24) is 29.8 Å². The van der Waals surface area contributed by atoms with E-state index in [2.05, 4.69) is 52.6 Å². The molecule has 1 aliphatic carbocycles. The smallest absolute Gasteiger partial charge is 0.311 e. The van der Waals surface area contributed by atoms with Crippen LogP contribution in [0.3, 0.4) is 0 Å². The van der Waals surface area contributed by atoms with Crippen LogP contribution in [0.4, 0.5) is 23.3 Å². The highest BCUT2D eigenvalue weighted by Crippen LogP contribution is 2.25. The second kappa shape index (κ2) is 13.0. The number of anilines is 4. The van der Waals surface area contributed by atoms with Crippen LogP contribution in [0.1, 0.15) is 49.8 Å². The zero-order valence-electron chi connectivity index (χ0n) is 23.9. The Bertz CT molecular complexity index is 1500. The van der Waals surface area contributed by atoms with Gasteiger partial charge >= 0.3 is 5.97 Å². The summed E-state index contributed by atoms with van der Waals surface area (Å²) >= 11 is 0. The molecule has 0 atom stereocenters. The molecule has 0 spiro atoms. The summed E-state index contributed by atoms with van der Waals surface area (Å²) in [6, 6.07) is 17.5. The van der Waals surface area contributed by atoms with Crippen molar-refractivity contribution in [3.05, 3.63) is 78.2 Å². The summed E-state index contributed by atoms with van der Waals surface area (Å²) in [5.41, 5.74) is 3.70. The Morgan fingerprint density at radius 1 is 0.857 bits per heavy atom. The van der Waals surface area contributed by atoms with E-state index in [1.807, 2.05) is 37.3 Å². The summed E-state index contributed by atoms with van der Waals surface area (Å²) < 4.78 is 5.82. The number of hydrogen-bond donors (Lipinski definition) is 2. The van der Waals surface area contributed by atoms with E-state index >= 15 is 0 Å². The van der Waals surface area contributed by atoms with E-state index < -0.39 is 0 Å². The number of nitrogens with zero attached hydrogens (tertiary/aromatic N) is 6. The van der Waals surface area contributed by atoms with E-state index in [0.717, 1.165) is 43.9 Å². The van der Waals surface area contributed by atoms with Crippen LogP contribution in [0.2, 0.25) is 0 Å². The third kappa shape index (κ3) is 7.25. The zero-order chi connectivity index (χ0) is 28.7. The molecule has 1 aromatic carbocycles. The maximum Gasteiger partial charge on any atom is 0.311 e. The van der Waals surface area contributed by atoms with Gasteiger partial charge in [-0.15, -0.1) is 0 Å². The predicted octanol–water partition coefficient (Wildman–Crippen LogP) is 5.82. The van der Waals surface area contributed by atoms with Gasteiger partial charge in [-0.2, -0.15) is 4.98 Å². The molecule has 0 unspecified atom stereocenters. The summed E-state index contributed by atoms with van der Waals surface area (Å²) in [6.07, 6.45) is 10.4. The van der Waals surface area contributed by atoms with E-state index in [0.29, 0.717) is 29.1 Å². The minimum Gasteiger partial charge on any atom is -0.462 e. The Hall–Kier alpha value is -4.44. The van der Waals surface area contributed by atoms with Crippen LogP contribution in [0.25, 0.3) is 11.5 Å². The topological polar surface area (TPSA) is 118 Å². The molecular formula is C32H36N8O2.